The van der Waals surface area contributed by atoms with Gasteiger partial charge in [-0.15, -0.1) is 0 Å². The van der Waals surface area contributed by atoms with Crippen molar-refractivity contribution in [1.82, 2.24) is 15.2 Å². The molecule has 1 heterocycles. The number of aromatic nitrogens is 2. The smallest absolute Gasteiger partial charge is 0.0903 e. The molecule has 0 aliphatic rings. The summed E-state index contributed by atoms with van der Waals surface area (Å²) in [4.78, 5) is 0. The van der Waals surface area contributed by atoms with Crippen molar-refractivity contribution < 1.29 is 0 Å². The minimum atomic E-state index is -0.158. The third-order valence-corrected chi connectivity index (χ3v) is 4.20. The first-order valence-corrected chi connectivity index (χ1v) is 7.56. The van der Waals surface area contributed by atoms with Crippen LogP contribution in [0.1, 0.15) is 30.6 Å². The second-order valence-corrected chi connectivity index (χ2v) is 5.79. The van der Waals surface area contributed by atoms with Gasteiger partial charge >= 0.3 is 0 Å². The van der Waals surface area contributed by atoms with Gasteiger partial charge in [0.25, 0.3) is 0 Å². The van der Waals surface area contributed by atoms with Crippen LogP contribution >= 0.6 is 34.2 Å². The van der Waals surface area contributed by atoms with E-state index in [4.69, 9.17) is 17.4 Å². The van der Waals surface area contributed by atoms with Crippen molar-refractivity contribution in [3.8, 4) is 0 Å². The van der Waals surface area contributed by atoms with Gasteiger partial charge in [0.1, 0.15) is 0 Å². The largest absolute Gasteiger partial charge is 0.271 e. The molecule has 0 saturated heterocycles. The van der Waals surface area contributed by atoms with E-state index in [1.165, 1.54) is 0 Å². The van der Waals surface area contributed by atoms with Crippen LogP contribution in [0.25, 0.3) is 0 Å². The van der Waals surface area contributed by atoms with Crippen LogP contribution in [-0.2, 0) is 6.54 Å². The fraction of sp³-hybridized carbons (Fsp3) is 0.308. The number of nitrogens with two attached hydrogens (primary N) is 1. The topological polar surface area (TPSA) is 55.9 Å². The Hall–Kier alpha value is -0.630. The summed E-state index contributed by atoms with van der Waals surface area (Å²) in [5.41, 5.74) is 4.87. The zero-order valence-electron chi connectivity index (χ0n) is 10.6. The summed E-state index contributed by atoms with van der Waals surface area (Å²) >= 11 is 8.58. The summed E-state index contributed by atoms with van der Waals surface area (Å²) in [6.45, 7) is 2.93. The van der Waals surface area contributed by atoms with E-state index in [-0.39, 0.29) is 6.04 Å². The molecule has 19 heavy (non-hydrogen) atoms. The first-order chi connectivity index (χ1) is 9.19. The van der Waals surface area contributed by atoms with Crippen LogP contribution in [0, 0.1) is 3.57 Å². The molecule has 0 aliphatic carbocycles. The van der Waals surface area contributed by atoms with Gasteiger partial charge in [0.15, 0.2) is 0 Å². The molecule has 4 nitrogen and oxygen atoms in total. The number of benzene rings is 1. The SMILES string of the molecule is CCCn1ncc(Cl)c1C(NN)c1ccccc1I. The molecule has 0 bridgehead atoms. The highest BCUT2D eigenvalue weighted by Gasteiger charge is 2.22. The molecule has 6 heteroatoms. The molecule has 2 rings (SSSR count). The number of rotatable bonds is 5. The fourth-order valence-electron chi connectivity index (χ4n) is 2.07. The average molecular weight is 391 g/mol. The van der Waals surface area contributed by atoms with Crippen LogP contribution in [0.15, 0.2) is 30.5 Å². The van der Waals surface area contributed by atoms with Crippen molar-refractivity contribution in [2.45, 2.75) is 25.9 Å². The van der Waals surface area contributed by atoms with Crippen LogP contribution in [0.3, 0.4) is 0 Å². The summed E-state index contributed by atoms with van der Waals surface area (Å²) in [6, 6.07) is 7.94. The molecule has 1 unspecified atom stereocenters. The Bertz CT molecular complexity index is 555. The van der Waals surface area contributed by atoms with Gasteiger partial charge in [-0.2, -0.15) is 5.10 Å². The highest BCUT2D eigenvalue weighted by molar-refractivity contribution is 14.1. The molecule has 0 radical (unpaired) electrons. The first-order valence-electron chi connectivity index (χ1n) is 6.10. The zero-order valence-corrected chi connectivity index (χ0v) is 13.5. The lowest BCUT2D eigenvalue weighted by molar-refractivity contribution is 0.520. The highest BCUT2D eigenvalue weighted by Crippen LogP contribution is 2.30. The van der Waals surface area contributed by atoms with Gasteiger partial charge in [-0.1, -0.05) is 36.7 Å². The van der Waals surface area contributed by atoms with E-state index < -0.39 is 0 Å². The molecule has 1 aromatic carbocycles. The van der Waals surface area contributed by atoms with Crippen LogP contribution in [-0.4, -0.2) is 9.78 Å². The number of hydrogen-bond donors (Lipinski definition) is 2. The predicted octanol–water partition coefficient (Wildman–Crippen LogP) is 3.10. The van der Waals surface area contributed by atoms with Gasteiger partial charge in [-0.05, 0) is 40.6 Å². The van der Waals surface area contributed by atoms with Crippen molar-refractivity contribution in [2.24, 2.45) is 5.84 Å². The molecule has 102 valence electrons. The van der Waals surface area contributed by atoms with Crippen LogP contribution in [0.4, 0.5) is 0 Å². The third-order valence-electron chi connectivity index (χ3n) is 2.92. The van der Waals surface area contributed by atoms with Crippen molar-refractivity contribution in [3.05, 3.63) is 50.3 Å². The standard InChI is InChI=1S/C13H16ClIN4/c1-2-7-19-13(10(14)8-17-19)12(18-16)9-5-3-4-6-11(9)15/h3-6,8,12,18H,2,7,16H2,1H3. The van der Waals surface area contributed by atoms with E-state index in [0.717, 1.165) is 27.8 Å². The minimum Gasteiger partial charge on any atom is -0.271 e. The Morgan fingerprint density at radius 3 is 2.84 bits per heavy atom. The van der Waals surface area contributed by atoms with E-state index in [9.17, 15) is 0 Å². The lowest BCUT2D eigenvalue weighted by atomic mass is 10.0. The number of halogens is 2. The Balaban J connectivity index is 2.48. The third kappa shape index (κ3) is 3.10. The van der Waals surface area contributed by atoms with E-state index in [0.29, 0.717) is 5.02 Å². The van der Waals surface area contributed by atoms with Gasteiger partial charge in [0, 0.05) is 10.1 Å². The Kier molecular flexibility index (Phi) is 5.20. The van der Waals surface area contributed by atoms with Crippen LogP contribution in [0.5, 0.6) is 0 Å². The second-order valence-electron chi connectivity index (χ2n) is 4.22. The summed E-state index contributed by atoms with van der Waals surface area (Å²) in [5, 5.41) is 4.95. The Morgan fingerprint density at radius 1 is 1.47 bits per heavy atom. The molecule has 0 saturated carbocycles. The number of aryl methyl sites for hydroxylation is 1. The molecular formula is C13H16ClIN4. The van der Waals surface area contributed by atoms with Crippen molar-refractivity contribution >= 4 is 34.2 Å². The maximum Gasteiger partial charge on any atom is 0.0903 e. The van der Waals surface area contributed by atoms with Gasteiger partial charge in [0.2, 0.25) is 0 Å². The van der Waals surface area contributed by atoms with Crippen molar-refractivity contribution in [2.75, 3.05) is 0 Å². The molecule has 0 fully saturated rings. The summed E-state index contributed by atoms with van der Waals surface area (Å²) < 4.78 is 3.05. The summed E-state index contributed by atoms with van der Waals surface area (Å²) in [5.74, 6) is 5.75. The normalized spacial score (nSPS) is 12.6. The Morgan fingerprint density at radius 2 is 2.21 bits per heavy atom. The van der Waals surface area contributed by atoms with Gasteiger partial charge in [0.05, 0.1) is 23.0 Å². The van der Waals surface area contributed by atoms with Gasteiger partial charge in [-0.3, -0.25) is 10.5 Å². The molecule has 0 spiro atoms. The maximum absolute atomic E-state index is 6.28. The van der Waals surface area contributed by atoms with E-state index >= 15 is 0 Å². The molecule has 0 aliphatic heterocycles. The average Bonchev–Trinajstić information content (AvgIpc) is 2.75. The minimum absolute atomic E-state index is 0.158. The van der Waals surface area contributed by atoms with Crippen LogP contribution < -0.4 is 11.3 Å². The van der Waals surface area contributed by atoms with Gasteiger partial charge in [-0.25, -0.2) is 5.43 Å². The fourth-order valence-corrected chi connectivity index (χ4v) is 3.02. The van der Waals surface area contributed by atoms with Gasteiger partial charge < -0.3 is 0 Å². The summed E-state index contributed by atoms with van der Waals surface area (Å²) in [7, 11) is 0. The summed E-state index contributed by atoms with van der Waals surface area (Å²) in [6.07, 6.45) is 2.67. The van der Waals surface area contributed by atoms with E-state index in [1.54, 1.807) is 6.20 Å². The van der Waals surface area contributed by atoms with E-state index in [1.807, 2.05) is 22.9 Å². The number of hydrazine groups is 1. The molecule has 2 aromatic rings. The van der Waals surface area contributed by atoms with Crippen molar-refractivity contribution in [1.29, 1.82) is 0 Å². The first kappa shape index (κ1) is 14.8. The number of nitrogens with one attached hydrogen (secondary N) is 1. The molecule has 1 aromatic heterocycles. The maximum atomic E-state index is 6.28. The lowest BCUT2D eigenvalue weighted by Gasteiger charge is -2.20. The molecule has 3 N–H and O–H groups in total. The monoisotopic (exact) mass is 390 g/mol. The molecule has 1 atom stereocenters. The van der Waals surface area contributed by atoms with Crippen molar-refractivity contribution in [3.63, 3.8) is 0 Å². The molecule has 0 amide bonds. The Labute approximate surface area is 131 Å². The lowest BCUT2D eigenvalue weighted by Crippen LogP contribution is -2.31. The number of nitrogens with zero attached hydrogens (tertiary/aromatic N) is 2. The molecular weight excluding hydrogens is 375 g/mol. The predicted molar refractivity (Wildman–Crippen MR) is 85.9 cm³/mol. The van der Waals surface area contributed by atoms with E-state index in [2.05, 4.69) is 46.1 Å². The highest BCUT2D eigenvalue weighted by atomic mass is 127. The zero-order chi connectivity index (χ0) is 13.8. The quantitative estimate of drug-likeness (QED) is 0.469. The second kappa shape index (κ2) is 6.69. The van der Waals surface area contributed by atoms with Crippen LogP contribution in [0.2, 0.25) is 5.02 Å². The number of hydrogen-bond acceptors (Lipinski definition) is 3.